The van der Waals surface area contributed by atoms with Crippen LogP contribution in [0.4, 0.5) is 0 Å². The first-order chi connectivity index (χ1) is 12.2. The maximum absolute atomic E-state index is 5.54. The van der Waals surface area contributed by atoms with Crippen LogP contribution in [0.2, 0.25) is 0 Å². The lowest BCUT2D eigenvalue weighted by atomic mass is 10.2. The molecule has 25 heavy (non-hydrogen) atoms. The Bertz CT molecular complexity index is 568. The van der Waals surface area contributed by atoms with Gasteiger partial charge in [0.2, 0.25) is 0 Å². The van der Waals surface area contributed by atoms with Crippen molar-refractivity contribution in [3.8, 4) is 0 Å². The lowest BCUT2D eigenvalue weighted by molar-refractivity contribution is 0.0177. The number of hydrogen-bond acceptors (Lipinski definition) is 4. The highest BCUT2D eigenvalue weighted by atomic mass is 32.1. The summed E-state index contributed by atoms with van der Waals surface area (Å²) in [6.07, 6.45) is 3.87. The minimum Gasteiger partial charge on any atom is -0.379 e. The molecule has 2 fully saturated rings. The first kappa shape index (κ1) is 18.7. The van der Waals surface area contributed by atoms with Gasteiger partial charge in [-0.1, -0.05) is 13.3 Å². The SMILES string of the molecule is CCCC1CC1NC(=NC)NCC(c1ccc(C)s1)N1CCOCC1. The van der Waals surface area contributed by atoms with Crippen LogP contribution in [0.1, 0.15) is 42.0 Å². The van der Waals surface area contributed by atoms with E-state index >= 15 is 0 Å². The van der Waals surface area contributed by atoms with Crippen molar-refractivity contribution in [1.29, 1.82) is 0 Å². The molecule has 6 heteroatoms. The fourth-order valence-corrected chi connectivity index (χ4v) is 4.62. The Morgan fingerprint density at radius 1 is 1.40 bits per heavy atom. The molecule has 1 aromatic rings. The number of thiophene rings is 1. The van der Waals surface area contributed by atoms with E-state index in [1.54, 1.807) is 0 Å². The molecule has 140 valence electrons. The molecule has 0 bridgehead atoms. The monoisotopic (exact) mass is 364 g/mol. The summed E-state index contributed by atoms with van der Waals surface area (Å²) in [5.74, 6) is 1.77. The van der Waals surface area contributed by atoms with Crippen molar-refractivity contribution in [1.82, 2.24) is 15.5 Å². The van der Waals surface area contributed by atoms with Crippen LogP contribution in [0, 0.1) is 12.8 Å². The normalized spacial score (nSPS) is 25.6. The maximum Gasteiger partial charge on any atom is 0.191 e. The van der Waals surface area contributed by atoms with E-state index in [0.29, 0.717) is 12.1 Å². The Morgan fingerprint density at radius 2 is 2.20 bits per heavy atom. The number of guanidine groups is 1. The fourth-order valence-electron chi connectivity index (χ4n) is 3.61. The van der Waals surface area contributed by atoms with Crippen molar-refractivity contribution in [2.45, 2.75) is 45.2 Å². The molecule has 3 rings (SSSR count). The zero-order chi connectivity index (χ0) is 17.6. The highest BCUT2D eigenvalue weighted by Gasteiger charge is 2.36. The third-order valence-corrected chi connectivity index (χ3v) is 6.27. The second-order valence-corrected chi connectivity index (χ2v) is 8.42. The molecule has 2 N–H and O–H groups in total. The largest absolute Gasteiger partial charge is 0.379 e. The lowest BCUT2D eigenvalue weighted by Gasteiger charge is -2.34. The molecule has 5 nitrogen and oxygen atoms in total. The Morgan fingerprint density at radius 3 is 2.84 bits per heavy atom. The van der Waals surface area contributed by atoms with Gasteiger partial charge in [-0.3, -0.25) is 9.89 Å². The third kappa shape index (κ3) is 5.19. The van der Waals surface area contributed by atoms with E-state index in [1.807, 2.05) is 18.4 Å². The van der Waals surface area contributed by atoms with Crippen LogP contribution in [0.3, 0.4) is 0 Å². The zero-order valence-electron chi connectivity index (χ0n) is 15.8. The molecule has 0 aromatic carbocycles. The van der Waals surface area contributed by atoms with E-state index in [4.69, 9.17) is 4.74 Å². The van der Waals surface area contributed by atoms with E-state index in [0.717, 1.165) is 44.7 Å². The first-order valence-corrected chi connectivity index (χ1v) is 10.4. The standard InChI is InChI=1S/C19H32N4OS/c1-4-5-15-12-16(15)22-19(20-3)21-13-17(18-7-6-14(2)25-18)23-8-10-24-11-9-23/h6-7,15-17H,4-5,8-13H2,1-3H3,(H2,20,21,22). The van der Waals surface area contributed by atoms with Crippen molar-refractivity contribution in [3.63, 3.8) is 0 Å². The van der Waals surface area contributed by atoms with Crippen LogP contribution in [-0.4, -0.2) is 56.8 Å². The second kappa shape index (κ2) is 9.01. The lowest BCUT2D eigenvalue weighted by Crippen LogP contribution is -2.46. The van der Waals surface area contributed by atoms with E-state index in [2.05, 4.69) is 46.5 Å². The number of nitrogens with one attached hydrogen (secondary N) is 2. The number of aliphatic imine (C=N–C) groups is 1. The summed E-state index contributed by atoms with van der Waals surface area (Å²) in [5.41, 5.74) is 0. The van der Waals surface area contributed by atoms with E-state index in [9.17, 15) is 0 Å². The van der Waals surface area contributed by atoms with Crippen molar-refractivity contribution in [2.24, 2.45) is 10.9 Å². The maximum atomic E-state index is 5.54. The van der Waals surface area contributed by atoms with Crippen molar-refractivity contribution < 1.29 is 4.74 Å². The Balaban J connectivity index is 1.57. The van der Waals surface area contributed by atoms with Crippen LogP contribution >= 0.6 is 11.3 Å². The number of nitrogens with zero attached hydrogens (tertiary/aromatic N) is 2. The summed E-state index contributed by atoms with van der Waals surface area (Å²) in [4.78, 5) is 9.77. The topological polar surface area (TPSA) is 48.9 Å². The van der Waals surface area contributed by atoms with Crippen molar-refractivity contribution >= 4 is 17.3 Å². The van der Waals surface area contributed by atoms with Gasteiger partial charge in [0.1, 0.15) is 0 Å². The summed E-state index contributed by atoms with van der Waals surface area (Å²) in [6.45, 7) is 8.97. The summed E-state index contributed by atoms with van der Waals surface area (Å²) in [5, 5.41) is 7.16. The molecule has 1 aliphatic carbocycles. The van der Waals surface area contributed by atoms with Gasteiger partial charge in [-0.05, 0) is 37.8 Å². The predicted octanol–water partition coefficient (Wildman–Crippen LogP) is 2.78. The van der Waals surface area contributed by atoms with Crippen LogP contribution in [-0.2, 0) is 4.74 Å². The minimum absolute atomic E-state index is 0.381. The van der Waals surface area contributed by atoms with Crippen molar-refractivity contribution in [3.05, 3.63) is 21.9 Å². The average Bonchev–Trinajstić information content (AvgIpc) is 3.22. The van der Waals surface area contributed by atoms with E-state index in [-0.39, 0.29) is 0 Å². The summed E-state index contributed by atoms with van der Waals surface area (Å²) >= 11 is 1.90. The first-order valence-electron chi connectivity index (χ1n) is 9.56. The van der Waals surface area contributed by atoms with Gasteiger partial charge >= 0.3 is 0 Å². The smallest absolute Gasteiger partial charge is 0.191 e. The quantitative estimate of drug-likeness (QED) is 0.577. The molecule has 0 spiro atoms. The molecule has 3 unspecified atom stereocenters. The molecule has 1 aromatic heterocycles. The van der Waals surface area contributed by atoms with Crippen molar-refractivity contribution in [2.75, 3.05) is 39.9 Å². The highest BCUT2D eigenvalue weighted by molar-refractivity contribution is 7.12. The molecule has 1 saturated heterocycles. The second-order valence-electron chi connectivity index (χ2n) is 7.10. The Kier molecular flexibility index (Phi) is 6.73. The Labute approximate surface area is 155 Å². The van der Waals surface area contributed by atoms with Gasteiger partial charge < -0.3 is 15.4 Å². The van der Waals surface area contributed by atoms with E-state index < -0.39 is 0 Å². The van der Waals surface area contributed by atoms with Gasteiger partial charge in [0.15, 0.2) is 5.96 Å². The summed E-state index contributed by atoms with van der Waals surface area (Å²) in [6, 6.07) is 5.49. The molecule has 0 radical (unpaired) electrons. The minimum atomic E-state index is 0.381. The van der Waals surface area contributed by atoms with Gasteiger partial charge in [0.25, 0.3) is 0 Å². The van der Waals surface area contributed by atoms with Crippen LogP contribution in [0.25, 0.3) is 0 Å². The molecule has 3 atom stereocenters. The zero-order valence-corrected chi connectivity index (χ0v) is 16.6. The van der Waals surface area contributed by atoms with E-state index in [1.165, 1.54) is 29.0 Å². The Hall–Kier alpha value is -1.11. The number of ether oxygens (including phenoxy) is 1. The molecule has 2 aliphatic rings. The van der Waals surface area contributed by atoms with Gasteiger partial charge in [-0.25, -0.2) is 0 Å². The number of aryl methyl sites for hydroxylation is 1. The summed E-state index contributed by atoms with van der Waals surface area (Å²) in [7, 11) is 1.87. The van der Waals surface area contributed by atoms with Gasteiger partial charge in [-0.15, -0.1) is 11.3 Å². The number of morpholine rings is 1. The van der Waals surface area contributed by atoms with Gasteiger partial charge in [-0.2, -0.15) is 0 Å². The van der Waals surface area contributed by atoms with Gasteiger partial charge in [0, 0.05) is 42.5 Å². The van der Waals surface area contributed by atoms with Crippen LogP contribution in [0.5, 0.6) is 0 Å². The molecule has 2 heterocycles. The number of hydrogen-bond donors (Lipinski definition) is 2. The fraction of sp³-hybridized carbons (Fsp3) is 0.737. The molecular weight excluding hydrogens is 332 g/mol. The predicted molar refractivity (Wildman–Crippen MR) is 105 cm³/mol. The van der Waals surface area contributed by atoms with Gasteiger partial charge in [0.05, 0.1) is 19.3 Å². The molecular formula is C19H32N4OS. The average molecular weight is 365 g/mol. The third-order valence-electron chi connectivity index (χ3n) is 5.17. The molecule has 1 saturated carbocycles. The molecule has 1 aliphatic heterocycles. The molecule has 0 amide bonds. The van der Waals surface area contributed by atoms with Crippen LogP contribution < -0.4 is 10.6 Å². The summed E-state index contributed by atoms with van der Waals surface area (Å²) < 4.78 is 5.54. The number of rotatable bonds is 7. The van der Waals surface area contributed by atoms with Crippen LogP contribution in [0.15, 0.2) is 17.1 Å². The highest BCUT2D eigenvalue weighted by Crippen LogP contribution is 2.34.